The Balaban J connectivity index is 1.58. The van der Waals surface area contributed by atoms with Gasteiger partial charge in [-0.15, -0.1) is 13.2 Å². The molecule has 0 aliphatic carbocycles. The van der Waals surface area contributed by atoms with E-state index >= 15 is 0 Å². The molecule has 148 valence electrons. The van der Waals surface area contributed by atoms with Crippen LogP contribution in [0.25, 0.3) is 0 Å². The Kier molecular flexibility index (Phi) is 6.41. The van der Waals surface area contributed by atoms with Crippen molar-refractivity contribution < 1.29 is 22.6 Å². The van der Waals surface area contributed by atoms with Crippen LogP contribution >= 0.6 is 11.6 Å². The number of hydrogen-bond donors (Lipinski definition) is 0. The van der Waals surface area contributed by atoms with E-state index in [2.05, 4.69) is 14.7 Å². The topological polar surface area (TPSA) is 46.4 Å². The van der Waals surface area contributed by atoms with Crippen LogP contribution in [0.3, 0.4) is 0 Å². The third-order valence-corrected chi connectivity index (χ3v) is 4.09. The molecule has 0 amide bonds. The quantitative estimate of drug-likeness (QED) is 0.597. The maximum atomic E-state index is 12.5. The Labute approximate surface area is 165 Å². The van der Waals surface area contributed by atoms with E-state index in [0.717, 1.165) is 0 Å². The number of ether oxygens (including phenoxy) is 2. The van der Waals surface area contributed by atoms with E-state index in [1.54, 1.807) is 36.7 Å². The van der Waals surface area contributed by atoms with Gasteiger partial charge in [-0.25, -0.2) is 9.98 Å². The number of aliphatic imine (C=N–C) groups is 2. The zero-order valence-electron chi connectivity index (χ0n) is 14.6. The molecular weight excluding hydrogens is 395 g/mol. The lowest BCUT2D eigenvalue weighted by Gasteiger charge is -2.29. The molecule has 5 nitrogen and oxygen atoms in total. The first kappa shape index (κ1) is 20.0. The summed E-state index contributed by atoms with van der Waals surface area (Å²) in [5.41, 5.74) is 0.572. The number of halogens is 4. The standard InChI is InChI=1S/C19H17ClF3N3O2/c20-15-5-7-16(8-6-15)27-10-2-9-26-13-24-12-25-18(26)14-3-1-4-17(11-14)28-19(21,22)23/h1,3-8,11-13,18H,2,9-10H2. The van der Waals surface area contributed by atoms with Gasteiger partial charge in [-0.05, 0) is 42.8 Å². The van der Waals surface area contributed by atoms with Crippen LogP contribution in [0.1, 0.15) is 18.2 Å². The van der Waals surface area contributed by atoms with Crippen LogP contribution in [0, 0.1) is 0 Å². The highest BCUT2D eigenvalue weighted by atomic mass is 35.5. The second-order valence-corrected chi connectivity index (χ2v) is 6.35. The molecule has 0 spiro atoms. The summed E-state index contributed by atoms with van der Waals surface area (Å²) in [7, 11) is 0. The number of hydrogen-bond acceptors (Lipinski definition) is 5. The number of alkyl halides is 3. The Morgan fingerprint density at radius 1 is 1.07 bits per heavy atom. The molecule has 0 saturated carbocycles. The lowest BCUT2D eigenvalue weighted by atomic mass is 10.1. The summed E-state index contributed by atoms with van der Waals surface area (Å²) >= 11 is 5.83. The van der Waals surface area contributed by atoms with E-state index in [9.17, 15) is 13.2 Å². The van der Waals surface area contributed by atoms with Crippen LogP contribution < -0.4 is 9.47 Å². The molecule has 0 aromatic heterocycles. The number of benzene rings is 2. The molecule has 0 N–H and O–H groups in total. The maximum absolute atomic E-state index is 12.5. The van der Waals surface area contributed by atoms with Gasteiger partial charge in [0, 0.05) is 17.1 Å². The number of rotatable bonds is 7. The smallest absolute Gasteiger partial charge is 0.494 e. The van der Waals surface area contributed by atoms with E-state index in [1.165, 1.54) is 24.5 Å². The molecular formula is C19H17ClF3N3O2. The molecule has 1 atom stereocenters. The zero-order chi connectivity index (χ0) is 20.0. The molecule has 1 heterocycles. The van der Waals surface area contributed by atoms with Crippen LogP contribution in [0.5, 0.6) is 11.5 Å². The van der Waals surface area contributed by atoms with E-state index in [0.29, 0.717) is 35.9 Å². The minimum absolute atomic E-state index is 0.284. The molecule has 1 unspecified atom stereocenters. The first-order valence-corrected chi connectivity index (χ1v) is 8.83. The van der Waals surface area contributed by atoms with E-state index in [4.69, 9.17) is 16.3 Å². The molecule has 0 saturated heterocycles. The van der Waals surface area contributed by atoms with E-state index in [-0.39, 0.29) is 5.75 Å². The summed E-state index contributed by atoms with van der Waals surface area (Å²) in [6, 6.07) is 12.8. The van der Waals surface area contributed by atoms with Gasteiger partial charge in [-0.2, -0.15) is 0 Å². The largest absolute Gasteiger partial charge is 0.573 e. The molecule has 3 rings (SSSR count). The van der Waals surface area contributed by atoms with Gasteiger partial charge in [0.1, 0.15) is 24.0 Å². The highest BCUT2D eigenvalue weighted by molar-refractivity contribution is 6.30. The summed E-state index contributed by atoms with van der Waals surface area (Å²) in [6.45, 7) is 1.02. The summed E-state index contributed by atoms with van der Waals surface area (Å²) < 4.78 is 47.0. The van der Waals surface area contributed by atoms with Gasteiger partial charge >= 0.3 is 6.36 Å². The lowest BCUT2D eigenvalue weighted by Crippen LogP contribution is -2.30. The average molecular weight is 412 g/mol. The van der Waals surface area contributed by atoms with Crippen LogP contribution in [-0.4, -0.2) is 37.1 Å². The van der Waals surface area contributed by atoms with Gasteiger partial charge in [-0.3, -0.25) is 0 Å². The second kappa shape index (κ2) is 8.97. The molecule has 2 aromatic rings. The van der Waals surface area contributed by atoms with Crippen molar-refractivity contribution >= 4 is 24.3 Å². The Hall–Kier alpha value is -2.74. The highest BCUT2D eigenvalue weighted by Crippen LogP contribution is 2.29. The van der Waals surface area contributed by atoms with Crippen LogP contribution in [-0.2, 0) is 0 Å². The molecule has 1 aliphatic heterocycles. The zero-order valence-corrected chi connectivity index (χ0v) is 15.4. The first-order valence-electron chi connectivity index (χ1n) is 8.45. The molecule has 28 heavy (non-hydrogen) atoms. The molecule has 0 fully saturated rings. The van der Waals surface area contributed by atoms with Crippen molar-refractivity contribution in [2.75, 3.05) is 13.2 Å². The normalized spacial score (nSPS) is 16.3. The van der Waals surface area contributed by atoms with Crippen molar-refractivity contribution in [1.82, 2.24) is 4.90 Å². The predicted molar refractivity (Wildman–Crippen MR) is 101 cm³/mol. The van der Waals surface area contributed by atoms with Gasteiger partial charge in [0.05, 0.1) is 12.9 Å². The van der Waals surface area contributed by atoms with Crippen molar-refractivity contribution in [2.24, 2.45) is 9.98 Å². The minimum atomic E-state index is -4.74. The van der Waals surface area contributed by atoms with Gasteiger partial charge < -0.3 is 14.4 Å². The SMILES string of the molecule is FC(F)(F)Oc1cccc(C2N=CN=CN2CCCOc2ccc(Cl)cc2)c1. The fourth-order valence-electron chi connectivity index (χ4n) is 2.66. The van der Waals surface area contributed by atoms with Gasteiger partial charge in [0.15, 0.2) is 0 Å². The molecule has 2 aromatic carbocycles. The fraction of sp³-hybridized carbons (Fsp3) is 0.263. The van der Waals surface area contributed by atoms with Crippen molar-refractivity contribution in [3.05, 3.63) is 59.1 Å². The van der Waals surface area contributed by atoms with E-state index < -0.39 is 12.5 Å². The third kappa shape index (κ3) is 5.88. The van der Waals surface area contributed by atoms with Gasteiger partial charge in [0.2, 0.25) is 0 Å². The Morgan fingerprint density at radius 3 is 2.61 bits per heavy atom. The van der Waals surface area contributed by atoms with Gasteiger partial charge in [0.25, 0.3) is 0 Å². The summed E-state index contributed by atoms with van der Waals surface area (Å²) in [5, 5.41) is 0.634. The second-order valence-electron chi connectivity index (χ2n) is 5.92. The highest BCUT2D eigenvalue weighted by Gasteiger charge is 2.31. The maximum Gasteiger partial charge on any atom is 0.573 e. The molecule has 0 bridgehead atoms. The van der Waals surface area contributed by atoms with E-state index in [1.807, 2.05) is 4.90 Å². The predicted octanol–water partition coefficient (Wildman–Crippen LogP) is 5.08. The average Bonchev–Trinajstić information content (AvgIpc) is 2.66. The van der Waals surface area contributed by atoms with Crippen LogP contribution in [0.2, 0.25) is 5.02 Å². The summed E-state index contributed by atoms with van der Waals surface area (Å²) in [6.07, 6.45) is -1.57. The fourth-order valence-corrected chi connectivity index (χ4v) is 2.79. The third-order valence-electron chi connectivity index (χ3n) is 3.84. The van der Waals surface area contributed by atoms with Crippen molar-refractivity contribution in [2.45, 2.75) is 18.9 Å². The Morgan fingerprint density at radius 2 is 1.86 bits per heavy atom. The summed E-state index contributed by atoms with van der Waals surface area (Å²) in [4.78, 5) is 10.1. The van der Waals surface area contributed by atoms with Crippen LogP contribution in [0.4, 0.5) is 13.2 Å². The summed E-state index contributed by atoms with van der Waals surface area (Å²) in [5.74, 6) is 0.428. The van der Waals surface area contributed by atoms with Crippen LogP contribution in [0.15, 0.2) is 58.5 Å². The van der Waals surface area contributed by atoms with Crippen molar-refractivity contribution in [1.29, 1.82) is 0 Å². The molecule has 9 heteroatoms. The van der Waals surface area contributed by atoms with Gasteiger partial charge in [-0.1, -0.05) is 23.7 Å². The monoisotopic (exact) mass is 411 g/mol. The van der Waals surface area contributed by atoms with Crippen molar-refractivity contribution in [3.63, 3.8) is 0 Å². The molecule has 0 radical (unpaired) electrons. The minimum Gasteiger partial charge on any atom is -0.494 e. The Bertz CT molecular complexity index is 841. The lowest BCUT2D eigenvalue weighted by molar-refractivity contribution is -0.274. The first-order chi connectivity index (χ1) is 13.4. The number of nitrogens with zero attached hydrogens (tertiary/aromatic N) is 3. The molecule has 1 aliphatic rings. The van der Waals surface area contributed by atoms with Crippen molar-refractivity contribution in [3.8, 4) is 11.5 Å².